The molecule has 1 amide bonds. The highest BCUT2D eigenvalue weighted by Gasteiger charge is 2.18. The monoisotopic (exact) mass is 279 g/mol. The number of thioether (sulfide) groups is 1. The maximum Gasteiger partial charge on any atom is 0.277 e. The van der Waals surface area contributed by atoms with Gasteiger partial charge < -0.3 is 15.9 Å². The van der Waals surface area contributed by atoms with E-state index in [0.29, 0.717) is 11.1 Å². The Hall–Kier alpha value is -1.86. The van der Waals surface area contributed by atoms with Gasteiger partial charge >= 0.3 is 0 Å². The number of nitrogens with zero attached hydrogens (tertiary/aromatic N) is 2. The first-order chi connectivity index (χ1) is 9.15. The van der Waals surface area contributed by atoms with Gasteiger partial charge in [-0.3, -0.25) is 4.79 Å². The molecule has 2 aromatic rings. The Balaban J connectivity index is 1.96. The minimum atomic E-state index is -0.416. The lowest BCUT2D eigenvalue weighted by molar-refractivity contribution is -0.431. The van der Waals surface area contributed by atoms with Crippen LogP contribution in [0.3, 0.4) is 0 Å². The van der Waals surface area contributed by atoms with Crippen molar-refractivity contribution in [3.8, 4) is 0 Å². The molecule has 100 valence electrons. The van der Waals surface area contributed by atoms with E-state index in [0.717, 1.165) is 23.7 Å². The van der Waals surface area contributed by atoms with Crippen molar-refractivity contribution >= 4 is 17.7 Å². The Morgan fingerprint density at radius 1 is 1.37 bits per heavy atom. The molecule has 1 aromatic carbocycles. The van der Waals surface area contributed by atoms with Crippen molar-refractivity contribution in [2.24, 2.45) is 5.73 Å². The van der Waals surface area contributed by atoms with Crippen LogP contribution in [0.5, 0.6) is 0 Å². The number of nitrogens with two attached hydrogens (primary N) is 1. The lowest BCUT2D eigenvalue weighted by atomic mass is 10.1. The Kier molecular flexibility index (Phi) is 4.53. The van der Waals surface area contributed by atoms with Crippen LogP contribution in [-0.4, -0.2) is 21.9 Å². The molecule has 1 atom stereocenters. The number of rotatable bonds is 6. The number of carbonyl (C=O) groups excluding carboxylic acids is 1. The van der Waals surface area contributed by atoms with Crippen LogP contribution in [0.15, 0.2) is 40.0 Å². The summed E-state index contributed by atoms with van der Waals surface area (Å²) in [7, 11) is 0. The second-order valence-corrected chi connectivity index (χ2v) is 4.97. The van der Waals surface area contributed by atoms with Gasteiger partial charge in [0.25, 0.3) is 11.1 Å². The second-order valence-electron chi connectivity index (χ2n) is 4.05. The Labute approximate surface area is 114 Å². The largest absolute Gasteiger partial charge is 0.410 e. The first-order valence-corrected chi connectivity index (χ1v) is 6.75. The lowest BCUT2D eigenvalue weighted by Gasteiger charge is -2.03. The molecule has 0 unspecified atom stereocenters. The van der Waals surface area contributed by atoms with Crippen molar-refractivity contribution in [3.05, 3.63) is 41.8 Å². The summed E-state index contributed by atoms with van der Waals surface area (Å²) in [5, 5.41) is 8.13. The molecule has 0 aliphatic rings. The number of primary amides is 1. The molecule has 0 aliphatic heterocycles. The van der Waals surface area contributed by atoms with Gasteiger partial charge in [0.2, 0.25) is 5.91 Å². The molecule has 0 spiro atoms. The SMILES string of the molecule is NC(=O)CSc1nnc([C@@H]([NH3+])Cc2ccccc2)o1. The van der Waals surface area contributed by atoms with Gasteiger partial charge in [-0.25, -0.2) is 0 Å². The maximum absolute atomic E-state index is 10.7. The summed E-state index contributed by atoms with van der Waals surface area (Å²) in [5.74, 6) is 0.179. The van der Waals surface area contributed by atoms with E-state index in [1.807, 2.05) is 30.3 Å². The maximum atomic E-state index is 10.7. The van der Waals surface area contributed by atoms with Gasteiger partial charge in [0.15, 0.2) is 6.04 Å². The van der Waals surface area contributed by atoms with Crippen molar-refractivity contribution < 1.29 is 14.9 Å². The third kappa shape index (κ3) is 4.08. The van der Waals surface area contributed by atoms with Gasteiger partial charge in [0.05, 0.1) is 5.75 Å². The molecule has 0 fully saturated rings. The fourth-order valence-electron chi connectivity index (χ4n) is 1.56. The van der Waals surface area contributed by atoms with Crippen LogP contribution in [-0.2, 0) is 11.2 Å². The van der Waals surface area contributed by atoms with E-state index in [1.165, 1.54) is 0 Å². The zero-order chi connectivity index (χ0) is 13.7. The molecule has 2 rings (SSSR count). The third-order valence-electron chi connectivity index (χ3n) is 2.43. The van der Waals surface area contributed by atoms with Crippen LogP contribution in [0, 0.1) is 0 Å². The van der Waals surface area contributed by atoms with Crippen LogP contribution in [0.25, 0.3) is 0 Å². The summed E-state index contributed by atoms with van der Waals surface area (Å²) in [5.41, 5.74) is 10.2. The number of aromatic nitrogens is 2. The highest BCUT2D eigenvalue weighted by Crippen LogP contribution is 2.19. The summed E-state index contributed by atoms with van der Waals surface area (Å²) >= 11 is 1.13. The van der Waals surface area contributed by atoms with E-state index in [1.54, 1.807) is 0 Å². The van der Waals surface area contributed by atoms with E-state index in [2.05, 4.69) is 15.9 Å². The summed E-state index contributed by atoms with van der Waals surface area (Å²) < 4.78 is 5.44. The van der Waals surface area contributed by atoms with Crippen LogP contribution < -0.4 is 11.5 Å². The number of hydrogen-bond acceptors (Lipinski definition) is 5. The highest BCUT2D eigenvalue weighted by molar-refractivity contribution is 7.99. The van der Waals surface area contributed by atoms with Crippen molar-refractivity contribution in [1.82, 2.24) is 10.2 Å². The predicted octanol–water partition coefficient (Wildman–Crippen LogP) is 0.173. The van der Waals surface area contributed by atoms with Gasteiger partial charge in [-0.05, 0) is 5.56 Å². The highest BCUT2D eigenvalue weighted by atomic mass is 32.2. The second kappa shape index (κ2) is 6.35. The molecule has 7 heteroatoms. The van der Waals surface area contributed by atoms with E-state index < -0.39 is 5.91 Å². The van der Waals surface area contributed by atoms with Crippen molar-refractivity contribution in [2.45, 2.75) is 17.7 Å². The fourth-order valence-corrected chi connectivity index (χ4v) is 2.07. The topological polar surface area (TPSA) is 110 Å². The molecule has 1 heterocycles. The Morgan fingerprint density at radius 2 is 2.11 bits per heavy atom. The van der Waals surface area contributed by atoms with E-state index in [-0.39, 0.29) is 11.8 Å². The Morgan fingerprint density at radius 3 is 2.79 bits per heavy atom. The van der Waals surface area contributed by atoms with Crippen molar-refractivity contribution in [1.29, 1.82) is 0 Å². The summed E-state index contributed by atoms with van der Waals surface area (Å²) in [6.45, 7) is 0. The average molecular weight is 279 g/mol. The summed E-state index contributed by atoms with van der Waals surface area (Å²) in [6.07, 6.45) is 0.725. The first-order valence-electron chi connectivity index (χ1n) is 5.76. The minimum Gasteiger partial charge on any atom is -0.410 e. The van der Waals surface area contributed by atoms with Gasteiger partial charge in [0.1, 0.15) is 0 Å². The fraction of sp³-hybridized carbons (Fsp3) is 0.250. The number of hydrogen-bond donors (Lipinski definition) is 2. The number of amides is 1. The van der Waals surface area contributed by atoms with E-state index in [4.69, 9.17) is 10.2 Å². The standard InChI is InChI=1S/C12H14N4O2S/c13-9(6-8-4-2-1-3-5-8)11-15-16-12(18-11)19-7-10(14)17/h1-5,9H,6-7,13H2,(H2,14,17)/p+1/t9-/m0/s1. The zero-order valence-corrected chi connectivity index (χ0v) is 11.1. The zero-order valence-electron chi connectivity index (χ0n) is 10.3. The summed E-state index contributed by atoms with van der Waals surface area (Å²) in [4.78, 5) is 10.7. The van der Waals surface area contributed by atoms with Gasteiger partial charge in [-0.1, -0.05) is 42.1 Å². The van der Waals surface area contributed by atoms with Crippen molar-refractivity contribution in [2.75, 3.05) is 5.75 Å². The smallest absolute Gasteiger partial charge is 0.277 e. The predicted molar refractivity (Wildman–Crippen MR) is 70.0 cm³/mol. The molecular formula is C12H15N4O2S+. The quantitative estimate of drug-likeness (QED) is 0.733. The number of carbonyl (C=O) groups is 1. The van der Waals surface area contributed by atoms with Crippen LogP contribution in [0.4, 0.5) is 0 Å². The molecule has 0 bridgehead atoms. The molecular weight excluding hydrogens is 264 g/mol. The molecule has 1 aromatic heterocycles. The molecule has 6 nitrogen and oxygen atoms in total. The number of benzene rings is 1. The molecule has 19 heavy (non-hydrogen) atoms. The molecule has 0 saturated heterocycles. The average Bonchev–Trinajstić information content (AvgIpc) is 2.86. The van der Waals surface area contributed by atoms with Gasteiger partial charge in [-0.2, -0.15) is 0 Å². The first kappa shape index (κ1) is 13.6. The molecule has 0 aliphatic carbocycles. The lowest BCUT2D eigenvalue weighted by Crippen LogP contribution is -2.54. The Bertz CT molecular complexity index is 544. The third-order valence-corrected chi connectivity index (χ3v) is 3.27. The van der Waals surface area contributed by atoms with Gasteiger partial charge in [-0.15, -0.1) is 10.2 Å². The van der Waals surface area contributed by atoms with Gasteiger partial charge in [0, 0.05) is 6.42 Å². The normalized spacial score (nSPS) is 12.3. The minimum absolute atomic E-state index is 0.113. The number of quaternary nitrogens is 1. The van der Waals surface area contributed by atoms with E-state index >= 15 is 0 Å². The van der Waals surface area contributed by atoms with Crippen molar-refractivity contribution in [3.63, 3.8) is 0 Å². The van der Waals surface area contributed by atoms with Crippen LogP contribution in [0.2, 0.25) is 0 Å². The molecule has 5 N–H and O–H groups in total. The van der Waals surface area contributed by atoms with E-state index in [9.17, 15) is 4.79 Å². The molecule has 0 radical (unpaired) electrons. The molecule has 0 saturated carbocycles. The van der Waals surface area contributed by atoms with Crippen LogP contribution in [0.1, 0.15) is 17.5 Å². The summed E-state index contributed by atoms with van der Waals surface area (Å²) in [6, 6.07) is 9.85. The van der Waals surface area contributed by atoms with Crippen LogP contribution >= 0.6 is 11.8 Å².